The molecule has 1 fully saturated rings. The molecule has 2 heterocycles. The highest BCUT2D eigenvalue weighted by atomic mass is 16.7. The first-order valence-electron chi connectivity index (χ1n) is 6.62. The van der Waals surface area contributed by atoms with Crippen molar-refractivity contribution in [2.24, 2.45) is 5.73 Å². The zero-order valence-electron chi connectivity index (χ0n) is 11.0. The summed E-state index contributed by atoms with van der Waals surface area (Å²) in [5, 5.41) is 0. The van der Waals surface area contributed by atoms with Gasteiger partial charge in [-0.25, -0.2) is 0 Å². The van der Waals surface area contributed by atoms with Gasteiger partial charge in [0.15, 0.2) is 11.5 Å². The number of nitrogens with zero attached hydrogens (tertiary/aromatic N) is 1. The average molecular weight is 262 g/mol. The summed E-state index contributed by atoms with van der Waals surface area (Å²) in [6, 6.07) is 5.78. The smallest absolute Gasteiger partial charge is 0.258 e. The van der Waals surface area contributed by atoms with Gasteiger partial charge in [-0.15, -0.1) is 0 Å². The van der Waals surface area contributed by atoms with E-state index in [0.29, 0.717) is 23.6 Å². The van der Waals surface area contributed by atoms with Gasteiger partial charge in [0, 0.05) is 18.6 Å². The molecule has 1 saturated heterocycles. The molecule has 2 aliphatic heterocycles. The van der Waals surface area contributed by atoms with Crippen LogP contribution >= 0.6 is 0 Å². The van der Waals surface area contributed by atoms with Gasteiger partial charge < -0.3 is 20.1 Å². The molecule has 102 valence electrons. The molecule has 1 aromatic rings. The second-order valence-electron chi connectivity index (χ2n) is 5.17. The van der Waals surface area contributed by atoms with E-state index in [1.807, 2.05) is 24.0 Å². The molecule has 0 bridgehead atoms. The molecule has 19 heavy (non-hydrogen) atoms. The number of piperidine rings is 1. The van der Waals surface area contributed by atoms with Crippen LogP contribution in [0.2, 0.25) is 0 Å². The second kappa shape index (κ2) is 4.74. The van der Waals surface area contributed by atoms with E-state index in [0.717, 1.165) is 12.8 Å². The second-order valence-corrected chi connectivity index (χ2v) is 5.17. The Bertz CT molecular complexity index is 503. The van der Waals surface area contributed by atoms with Crippen molar-refractivity contribution in [1.82, 2.24) is 4.90 Å². The van der Waals surface area contributed by atoms with Crippen molar-refractivity contribution in [2.45, 2.75) is 31.8 Å². The Morgan fingerprint density at radius 1 is 1.42 bits per heavy atom. The maximum atomic E-state index is 12.6. The number of rotatable bonds is 1. The number of amides is 1. The summed E-state index contributed by atoms with van der Waals surface area (Å²) < 4.78 is 10.7. The number of likely N-dealkylation sites (tertiary alicyclic amines) is 1. The quantitative estimate of drug-likeness (QED) is 0.830. The van der Waals surface area contributed by atoms with Gasteiger partial charge in [-0.1, -0.05) is 6.07 Å². The molecule has 1 aromatic carbocycles. The monoisotopic (exact) mass is 262 g/mol. The molecule has 0 aliphatic carbocycles. The van der Waals surface area contributed by atoms with Crippen molar-refractivity contribution < 1.29 is 14.3 Å². The Labute approximate surface area is 112 Å². The number of para-hydroxylation sites is 1. The molecular weight excluding hydrogens is 244 g/mol. The topological polar surface area (TPSA) is 64.8 Å². The highest BCUT2D eigenvalue weighted by molar-refractivity contribution is 5.98. The van der Waals surface area contributed by atoms with Gasteiger partial charge in [-0.2, -0.15) is 0 Å². The summed E-state index contributed by atoms with van der Waals surface area (Å²) in [5.41, 5.74) is 6.51. The van der Waals surface area contributed by atoms with E-state index >= 15 is 0 Å². The number of carbonyl (C=O) groups is 1. The van der Waals surface area contributed by atoms with E-state index in [2.05, 4.69) is 0 Å². The SMILES string of the molecule is C[C@@H]1C[C@H](N)CCN1C(=O)c1cccc2c1OCO2. The molecular formula is C14H18N2O3. The van der Waals surface area contributed by atoms with Crippen LogP contribution in [0.5, 0.6) is 11.5 Å². The number of hydrogen-bond donors (Lipinski definition) is 1. The minimum atomic E-state index is 0.00162. The average Bonchev–Trinajstić information content (AvgIpc) is 2.86. The first-order chi connectivity index (χ1) is 9.16. The van der Waals surface area contributed by atoms with Crippen LogP contribution in [0.15, 0.2) is 18.2 Å². The Hall–Kier alpha value is -1.75. The Morgan fingerprint density at radius 2 is 2.26 bits per heavy atom. The third-order valence-corrected chi connectivity index (χ3v) is 3.80. The van der Waals surface area contributed by atoms with Gasteiger partial charge in [-0.05, 0) is 31.9 Å². The molecule has 5 heteroatoms. The van der Waals surface area contributed by atoms with Crippen LogP contribution in [0.4, 0.5) is 0 Å². The predicted octanol–water partition coefficient (Wildman–Crippen LogP) is 1.37. The predicted molar refractivity (Wildman–Crippen MR) is 70.3 cm³/mol. The molecule has 0 saturated carbocycles. The lowest BCUT2D eigenvalue weighted by Crippen LogP contribution is -2.48. The van der Waals surface area contributed by atoms with Crippen molar-refractivity contribution in [3.05, 3.63) is 23.8 Å². The Kier molecular flexibility index (Phi) is 3.06. The van der Waals surface area contributed by atoms with Crippen molar-refractivity contribution in [2.75, 3.05) is 13.3 Å². The highest BCUT2D eigenvalue weighted by Gasteiger charge is 2.31. The zero-order chi connectivity index (χ0) is 13.4. The molecule has 2 N–H and O–H groups in total. The summed E-state index contributed by atoms with van der Waals surface area (Å²) in [7, 11) is 0. The minimum absolute atomic E-state index is 0.00162. The van der Waals surface area contributed by atoms with E-state index in [9.17, 15) is 4.79 Å². The fourth-order valence-electron chi connectivity index (χ4n) is 2.76. The molecule has 1 amide bonds. The van der Waals surface area contributed by atoms with Crippen LogP contribution in [-0.4, -0.2) is 36.2 Å². The fourth-order valence-corrected chi connectivity index (χ4v) is 2.76. The van der Waals surface area contributed by atoms with Crippen molar-refractivity contribution in [1.29, 1.82) is 0 Å². The standard InChI is InChI=1S/C14H18N2O3/c1-9-7-10(15)5-6-16(9)14(17)11-3-2-4-12-13(11)19-8-18-12/h2-4,9-10H,5-8,15H2,1H3/t9-,10-/m1/s1. The van der Waals surface area contributed by atoms with Crippen LogP contribution in [-0.2, 0) is 0 Å². The van der Waals surface area contributed by atoms with Crippen molar-refractivity contribution in [3.8, 4) is 11.5 Å². The van der Waals surface area contributed by atoms with E-state index in [1.54, 1.807) is 6.07 Å². The van der Waals surface area contributed by atoms with Gasteiger partial charge >= 0.3 is 0 Å². The van der Waals surface area contributed by atoms with E-state index < -0.39 is 0 Å². The number of hydrogen-bond acceptors (Lipinski definition) is 4. The Morgan fingerprint density at radius 3 is 3.05 bits per heavy atom. The van der Waals surface area contributed by atoms with E-state index in [4.69, 9.17) is 15.2 Å². The Balaban J connectivity index is 1.87. The van der Waals surface area contributed by atoms with Crippen LogP contribution < -0.4 is 15.2 Å². The van der Waals surface area contributed by atoms with Gasteiger partial charge in [0.25, 0.3) is 5.91 Å². The molecule has 2 atom stereocenters. The van der Waals surface area contributed by atoms with E-state index in [1.165, 1.54) is 0 Å². The normalized spacial score (nSPS) is 25.5. The van der Waals surface area contributed by atoms with Crippen LogP contribution in [0.3, 0.4) is 0 Å². The first kappa shape index (κ1) is 12.3. The summed E-state index contributed by atoms with van der Waals surface area (Å²) in [4.78, 5) is 14.5. The molecule has 3 rings (SSSR count). The van der Waals surface area contributed by atoms with Gasteiger partial charge in [-0.3, -0.25) is 4.79 Å². The number of fused-ring (bicyclic) bond motifs is 1. The van der Waals surface area contributed by atoms with Crippen LogP contribution in [0.1, 0.15) is 30.1 Å². The highest BCUT2D eigenvalue weighted by Crippen LogP contribution is 2.36. The maximum absolute atomic E-state index is 12.6. The molecule has 2 aliphatic rings. The summed E-state index contributed by atoms with van der Waals surface area (Å²) >= 11 is 0. The third-order valence-electron chi connectivity index (χ3n) is 3.80. The molecule has 0 spiro atoms. The summed E-state index contributed by atoms with van der Waals surface area (Å²) in [6.07, 6.45) is 1.70. The zero-order valence-corrected chi connectivity index (χ0v) is 11.0. The molecule has 0 unspecified atom stereocenters. The number of nitrogens with two attached hydrogens (primary N) is 1. The van der Waals surface area contributed by atoms with Gasteiger partial charge in [0.2, 0.25) is 6.79 Å². The molecule has 5 nitrogen and oxygen atoms in total. The summed E-state index contributed by atoms with van der Waals surface area (Å²) in [5.74, 6) is 1.21. The van der Waals surface area contributed by atoms with Gasteiger partial charge in [0.1, 0.15) is 0 Å². The lowest BCUT2D eigenvalue weighted by molar-refractivity contribution is 0.0614. The van der Waals surface area contributed by atoms with Crippen molar-refractivity contribution in [3.63, 3.8) is 0 Å². The fraction of sp³-hybridized carbons (Fsp3) is 0.500. The largest absolute Gasteiger partial charge is 0.454 e. The molecule has 0 aromatic heterocycles. The minimum Gasteiger partial charge on any atom is -0.454 e. The lowest BCUT2D eigenvalue weighted by atomic mass is 9.98. The molecule has 0 radical (unpaired) electrons. The van der Waals surface area contributed by atoms with Crippen LogP contribution in [0.25, 0.3) is 0 Å². The van der Waals surface area contributed by atoms with Gasteiger partial charge in [0.05, 0.1) is 5.56 Å². The lowest BCUT2D eigenvalue weighted by Gasteiger charge is -2.36. The van der Waals surface area contributed by atoms with Crippen molar-refractivity contribution >= 4 is 5.91 Å². The van der Waals surface area contributed by atoms with Crippen LogP contribution in [0, 0.1) is 0 Å². The maximum Gasteiger partial charge on any atom is 0.258 e. The number of carbonyl (C=O) groups excluding carboxylic acids is 1. The van der Waals surface area contributed by atoms with E-state index in [-0.39, 0.29) is 24.8 Å². The number of benzene rings is 1. The third kappa shape index (κ3) is 2.14. The summed E-state index contributed by atoms with van der Waals surface area (Å²) in [6.45, 7) is 2.92. The number of ether oxygens (including phenoxy) is 2. The first-order valence-corrected chi connectivity index (χ1v) is 6.62.